The van der Waals surface area contributed by atoms with Gasteiger partial charge in [0, 0.05) is 17.2 Å². The number of aromatic amines is 1. The van der Waals surface area contributed by atoms with E-state index in [9.17, 15) is 14.4 Å². The van der Waals surface area contributed by atoms with Gasteiger partial charge >= 0.3 is 12.2 Å². The van der Waals surface area contributed by atoms with Gasteiger partial charge in [-0.1, -0.05) is 43.1 Å². The van der Waals surface area contributed by atoms with Crippen LogP contribution in [-0.2, 0) is 9.53 Å². The molecule has 5 N–H and O–H groups in total. The highest BCUT2D eigenvalue weighted by molar-refractivity contribution is 6.30. The number of halogens is 2. The Labute approximate surface area is 288 Å². The molecular weight excluding hydrogens is 655 g/mol. The molecule has 2 bridgehead atoms. The van der Waals surface area contributed by atoms with Crippen LogP contribution < -0.4 is 30.7 Å². The molecule has 0 saturated carbocycles. The molecule has 0 spiro atoms. The van der Waals surface area contributed by atoms with E-state index in [1.807, 2.05) is 6.92 Å². The summed E-state index contributed by atoms with van der Waals surface area (Å²) in [6, 6.07) is 15.5. The second-order valence-electron chi connectivity index (χ2n) is 11.6. The summed E-state index contributed by atoms with van der Waals surface area (Å²) in [6.45, 7) is 2.18. The van der Waals surface area contributed by atoms with E-state index >= 15 is 4.39 Å². The van der Waals surface area contributed by atoms with Gasteiger partial charge in [0.2, 0.25) is 5.91 Å². The van der Waals surface area contributed by atoms with Crippen LogP contribution in [-0.4, -0.2) is 48.8 Å². The van der Waals surface area contributed by atoms with E-state index < -0.39 is 24.0 Å². The number of methoxy groups -OCH3 is 2. The SMILES string of the molecule is COC(=O)Nc1ccc2c(c1)NC(=O)[C@H](C)CCC[C@H](NCC[C@H](NC(=O)Oc1ccccc1)c1c(OC)ccc(Cl)c1F)c1ncc-2[nH]1. The van der Waals surface area contributed by atoms with Gasteiger partial charge in [-0.3, -0.25) is 10.1 Å². The molecule has 0 radical (unpaired) electrons. The minimum absolute atomic E-state index is 0.0956. The number of aromatic nitrogens is 2. The molecule has 12 nitrogen and oxygen atoms in total. The van der Waals surface area contributed by atoms with Crippen molar-refractivity contribution in [2.45, 2.75) is 44.7 Å². The number of carbonyl (C=O) groups is 3. The molecule has 0 fully saturated rings. The maximum Gasteiger partial charge on any atom is 0.413 e. The molecule has 1 aliphatic rings. The van der Waals surface area contributed by atoms with Crippen molar-refractivity contribution in [3.8, 4) is 22.8 Å². The second kappa shape index (κ2) is 16.3. The van der Waals surface area contributed by atoms with Crippen molar-refractivity contribution in [3.05, 3.63) is 89.1 Å². The molecular formula is C35H38ClFN6O6. The Morgan fingerprint density at radius 3 is 2.63 bits per heavy atom. The number of rotatable bonds is 9. The minimum Gasteiger partial charge on any atom is -0.496 e. The third-order valence-electron chi connectivity index (χ3n) is 8.23. The van der Waals surface area contributed by atoms with Gasteiger partial charge in [0.1, 0.15) is 17.3 Å². The van der Waals surface area contributed by atoms with Crippen molar-refractivity contribution in [2.24, 2.45) is 5.92 Å². The zero-order chi connectivity index (χ0) is 34.9. The average molecular weight is 693 g/mol. The van der Waals surface area contributed by atoms with E-state index in [1.54, 1.807) is 60.8 Å². The number of nitrogens with zero attached hydrogens (tertiary/aromatic N) is 1. The number of carbonyl (C=O) groups excluding carboxylic acids is 3. The van der Waals surface area contributed by atoms with Gasteiger partial charge in [0.15, 0.2) is 5.82 Å². The van der Waals surface area contributed by atoms with Crippen molar-refractivity contribution < 1.29 is 33.0 Å². The molecule has 2 heterocycles. The molecule has 1 aliphatic heterocycles. The van der Waals surface area contributed by atoms with Crippen LogP contribution in [0, 0.1) is 11.7 Å². The predicted octanol–water partition coefficient (Wildman–Crippen LogP) is 7.37. The van der Waals surface area contributed by atoms with Crippen LogP contribution in [0.1, 0.15) is 56.1 Å². The van der Waals surface area contributed by atoms with Gasteiger partial charge in [0.05, 0.1) is 54.5 Å². The normalized spacial score (nSPS) is 16.6. The Morgan fingerprint density at radius 1 is 1.08 bits per heavy atom. The van der Waals surface area contributed by atoms with Crippen LogP contribution >= 0.6 is 11.6 Å². The fourth-order valence-corrected chi connectivity index (χ4v) is 5.80. The number of para-hydroxylation sites is 1. The molecule has 0 saturated heterocycles. The first-order chi connectivity index (χ1) is 23.7. The zero-order valence-corrected chi connectivity index (χ0v) is 28.0. The quantitative estimate of drug-likeness (QED) is 0.122. The number of fused-ring (bicyclic) bond motifs is 4. The topological polar surface area (TPSA) is 156 Å². The highest BCUT2D eigenvalue weighted by Gasteiger charge is 2.27. The van der Waals surface area contributed by atoms with E-state index in [-0.39, 0.29) is 40.6 Å². The number of anilines is 2. The van der Waals surface area contributed by atoms with Crippen LogP contribution in [0.25, 0.3) is 11.3 Å². The van der Waals surface area contributed by atoms with Crippen LogP contribution in [0.15, 0.2) is 66.9 Å². The Morgan fingerprint density at radius 2 is 1.88 bits per heavy atom. The number of ether oxygens (including phenoxy) is 3. The monoisotopic (exact) mass is 692 g/mol. The van der Waals surface area contributed by atoms with Gasteiger partial charge in [0.25, 0.3) is 0 Å². The number of imidazole rings is 1. The highest BCUT2D eigenvalue weighted by atomic mass is 35.5. The lowest BCUT2D eigenvalue weighted by atomic mass is 9.98. The molecule has 3 aromatic carbocycles. The predicted molar refractivity (Wildman–Crippen MR) is 183 cm³/mol. The molecule has 1 aromatic heterocycles. The van der Waals surface area contributed by atoms with Gasteiger partial charge in [-0.25, -0.2) is 19.0 Å². The average Bonchev–Trinajstić information content (AvgIpc) is 3.58. The molecule has 49 heavy (non-hydrogen) atoms. The number of benzene rings is 3. The van der Waals surface area contributed by atoms with Crippen LogP contribution in [0.3, 0.4) is 0 Å². The first-order valence-electron chi connectivity index (χ1n) is 15.8. The van der Waals surface area contributed by atoms with Gasteiger partial charge in [-0.05, 0) is 68.3 Å². The first kappa shape index (κ1) is 35.2. The van der Waals surface area contributed by atoms with Crippen LogP contribution in [0.5, 0.6) is 11.5 Å². The van der Waals surface area contributed by atoms with Crippen LogP contribution in [0.2, 0.25) is 5.02 Å². The van der Waals surface area contributed by atoms with Gasteiger partial charge in [-0.2, -0.15) is 0 Å². The molecule has 4 aromatic rings. The minimum atomic E-state index is -0.876. The lowest BCUT2D eigenvalue weighted by molar-refractivity contribution is -0.119. The van der Waals surface area contributed by atoms with E-state index in [4.69, 9.17) is 25.8 Å². The van der Waals surface area contributed by atoms with Gasteiger partial charge in [-0.15, -0.1) is 0 Å². The van der Waals surface area contributed by atoms with Crippen molar-refractivity contribution in [3.63, 3.8) is 0 Å². The van der Waals surface area contributed by atoms with E-state index in [0.29, 0.717) is 60.0 Å². The third-order valence-corrected chi connectivity index (χ3v) is 8.52. The fraction of sp³-hybridized carbons (Fsp3) is 0.314. The summed E-state index contributed by atoms with van der Waals surface area (Å²) in [5.74, 6) is 0.0618. The standard InChI is InChI=1S/C35H38ClFN6O6/c1-20-8-7-11-26(32-39-19-28(41-32)23-13-12-21(40-34(45)48-3)18-27(23)42-33(20)44)38-17-16-25(30-29(47-2)15-14-24(36)31(30)37)43-35(46)49-22-9-5-4-6-10-22/h4-6,9-10,12-15,18-20,25-26,38H,7-8,11,16-17H2,1-3H3,(H,39,41)(H,40,45)(H,42,44)(H,43,46)/t20-,25+,26+/m1/s1. The number of hydrogen-bond donors (Lipinski definition) is 5. The lowest BCUT2D eigenvalue weighted by Crippen LogP contribution is -2.34. The molecule has 14 heteroatoms. The number of amides is 3. The molecule has 5 rings (SSSR count). The van der Waals surface area contributed by atoms with Gasteiger partial charge < -0.3 is 35.1 Å². The number of hydrogen-bond acceptors (Lipinski definition) is 8. The Hall–Kier alpha value is -5.14. The van der Waals surface area contributed by atoms with E-state index in [2.05, 4.69) is 31.2 Å². The first-order valence-corrected chi connectivity index (χ1v) is 16.2. The summed E-state index contributed by atoms with van der Waals surface area (Å²) in [5.41, 5.74) is 2.38. The van der Waals surface area contributed by atoms with Crippen molar-refractivity contribution >= 4 is 41.1 Å². The zero-order valence-electron chi connectivity index (χ0n) is 27.3. The molecule has 0 unspecified atom stereocenters. The smallest absolute Gasteiger partial charge is 0.413 e. The molecule has 3 amide bonds. The third kappa shape index (κ3) is 8.86. The fourth-order valence-electron chi connectivity index (χ4n) is 5.64. The maximum atomic E-state index is 15.5. The van der Waals surface area contributed by atoms with Crippen molar-refractivity contribution in [2.75, 3.05) is 31.4 Å². The number of H-pyrrole nitrogens is 1. The summed E-state index contributed by atoms with van der Waals surface area (Å²) in [7, 11) is 2.69. The Balaban J connectivity index is 1.38. The molecule has 258 valence electrons. The highest BCUT2D eigenvalue weighted by Crippen LogP contribution is 2.35. The number of nitrogens with one attached hydrogen (secondary N) is 5. The van der Waals surface area contributed by atoms with Crippen LogP contribution in [0.4, 0.5) is 25.4 Å². The summed E-state index contributed by atoms with van der Waals surface area (Å²) < 4.78 is 31.1. The summed E-state index contributed by atoms with van der Waals surface area (Å²) in [5, 5.41) is 11.8. The summed E-state index contributed by atoms with van der Waals surface area (Å²) in [6.07, 6.45) is 2.46. The molecule has 3 atom stereocenters. The molecule has 0 aliphatic carbocycles. The second-order valence-corrected chi connectivity index (χ2v) is 12.0. The Bertz CT molecular complexity index is 1790. The lowest BCUT2D eigenvalue weighted by Gasteiger charge is -2.24. The largest absolute Gasteiger partial charge is 0.496 e. The summed E-state index contributed by atoms with van der Waals surface area (Å²) >= 11 is 6.16. The summed E-state index contributed by atoms with van der Waals surface area (Å²) in [4.78, 5) is 46.0. The van der Waals surface area contributed by atoms with Crippen molar-refractivity contribution in [1.82, 2.24) is 20.6 Å². The Kier molecular flexibility index (Phi) is 11.7. The van der Waals surface area contributed by atoms with E-state index in [0.717, 1.165) is 0 Å². The maximum absolute atomic E-state index is 15.5. The van der Waals surface area contributed by atoms with E-state index in [1.165, 1.54) is 20.3 Å². The van der Waals surface area contributed by atoms with Crippen molar-refractivity contribution in [1.29, 1.82) is 0 Å².